The Morgan fingerprint density at radius 2 is 2.28 bits per heavy atom. The molecule has 0 radical (unpaired) electrons. The number of hydrogen-bond acceptors (Lipinski definition) is 2. The molecule has 1 aromatic carbocycles. The van der Waals surface area contributed by atoms with Crippen LogP contribution in [0, 0.1) is 0 Å². The maximum Gasteiger partial charge on any atom is 0.328 e. The number of rotatable bonds is 5. The maximum atomic E-state index is 10.6. The molecular weight excluding hydrogens is 294 g/mol. The summed E-state index contributed by atoms with van der Waals surface area (Å²) in [6.07, 6.45) is 5.30. The van der Waals surface area contributed by atoms with Crippen molar-refractivity contribution in [2.45, 2.75) is 25.8 Å². The van der Waals surface area contributed by atoms with Gasteiger partial charge in [0.25, 0.3) is 0 Å². The molecule has 1 aliphatic carbocycles. The number of nitrogens with zero attached hydrogens (tertiary/aromatic N) is 1. The lowest BCUT2D eigenvalue weighted by atomic mass is 10.1. The molecule has 1 saturated carbocycles. The second-order valence-electron chi connectivity index (χ2n) is 4.39. The van der Waals surface area contributed by atoms with E-state index in [-0.39, 0.29) is 0 Å². The zero-order valence-electron chi connectivity index (χ0n) is 10.3. The molecule has 0 aromatic heterocycles. The van der Waals surface area contributed by atoms with Crippen LogP contribution in [0.25, 0.3) is 6.08 Å². The third kappa shape index (κ3) is 3.13. The molecule has 0 bridgehead atoms. The average molecular weight is 310 g/mol. The predicted octanol–water partition coefficient (Wildman–Crippen LogP) is 3.54. The Morgan fingerprint density at radius 3 is 2.83 bits per heavy atom. The summed E-state index contributed by atoms with van der Waals surface area (Å²) in [7, 11) is 0. The fourth-order valence-electron chi connectivity index (χ4n) is 2.09. The van der Waals surface area contributed by atoms with E-state index in [0.29, 0.717) is 6.04 Å². The molecular formula is C14H16BrNO2. The lowest BCUT2D eigenvalue weighted by Gasteiger charge is -2.25. The third-order valence-electron chi connectivity index (χ3n) is 3.03. The third-order valence-corrected chi connectivity index (χ3v) is 3.53. The Kier molecular flexibility index (Phi) is 4.07. The van der Waals surface area contributed by atoms with Gasteiger partial charge in [-0.3, -0.25) is 0 Å². The van der Waals surface area contributed by atoms with Crippen LogP contribution >= 0.6 is 15.9 Å². The summed E-state index contributed by atoms with van der Waals surface area (Å²) in [5.41, 5.74) is 2.06. The van der Waals surface area contributed by atoms with Crippen LogP contribution in [0.3, 0.4) is 0 Å². The van der Waals surface area contributed by atoms with Gasteiger partial charge in [-0.05, 0) is 49.6 Å². The monoisotopic (exact) mass is 309 g/mol. The van der Waals surface area contributed by atoms with Crippen LogP contribution in [0.5, 0.6) is 0 Å². The van der Waals surface area contributed by atoms with Gasteiger partial charge in [-0.15, -0.1) is 0 Å². The molecule has 96 valence electrons. The van der Waals surface area contributed by atoms with Gasteiger partial charge in [-0.2, -0.15) is 0 Å². The fourth-order valence-corrected chi connectivity index (χ4v) is 2.47. The largest absolute Gasteiger partial charge is 0.478 e. The molecule has 0 aliphatic heterocycles. The van der Waals surface area contributed by atoms with Crippen LogP contribution in [0.2, 0.25) is 0 Å². The van der Waals surface area contributed by atoms with E-state index in [1.165, 1.54) is 18.9 Å². The lowest BCUT2D eigenvalue weighted by molar-refractivity contribution is -0.131. The summed E-state index contributed by atoms with van der Waals surface area (Å²) in [4.78, 5) is 13.0. The van der Waals surface area contributed by atoms with E-state index in [2.05, 4.69) is 27.8 Å². The van der Waals surface area contributed by atoms with Crippen molar-refractivity contribution in [3.05, 3.63) is 34.3 Å². The van der Waals surface area contributed by atoms with Crippen molar-refractivity contribution in [3.63, 3.8) is 0 Å². The molecule has 0 amide bonds. The second-order valence-corrected chi connectivity index (χ2v) is 5.31. The first kappa shape index (κ1) is 13.1. The van der Waals surface area contributed by atoms with Crippen LogP contribution in [0.1, 0.15) is 25.3 Å². The minimum atomic E-state index is -0.921. The second kappa shape index (κ2) is 5.57. The van der Waals surface area contributed by atoms with Gasteiger partial charge < -0.3 is 10.0 Å². The van der Waals surface area contributed by atoms with E-state index in [1.54, 1.807) is 6.08 Å². The standard InChI is InChI=1S/C14H16BrNO2/c1-2-16(12-5-6-12)13-7-4-11(15)9-10(13)3-8-14(17)18/h3-4,7-9,12H,2,5-6H2,1H3,(H,17,18)/b8-3+. The Labute approximate surface area is 115 Å². The van der Waals surface area contributed by atoms with Gasteiger partial charge in [-0.1, -0.05) is 15.9 Å². The van der Waals surface area contributed by atoms with Gasteiger partial charge in [0.05, 0.1) is 0 Å². The number of hydrogen-bond donors (Lipinski definition) is 1. The Hall–Kier alpha value is -1.29. The summed E-state index contributed by atoms with van der Waals surface area (Å²) < 4.78 is 0.961. The summed E-state index contributed by atoms with van der Waals surface area (Å²) in [5, 5.41) is 8.74. The van der Waals surface area contributed by atoms with Crippen molar-refractivity contribution >= 4 is 33.7 Å². The first-order valence-corrected chi connectivity index (χ1v) is 6.88. The summed E-state index contributed by atoms with van der Waals surface area (Å²) in [6, 6.07) is 6.62. The highest BCUT2D eigenvalue weighted by molar-refractivity contribution is 9.10. The van der Waals surface area contributed by atoms with Gasteiger partial charge in [-0.25, -0.2) is 4.79 Å². The first-order chi connectivity index (χ1) is 8.61. The summed E-state index contributed by atoms with van der Waals surface area (Å²) in [5.74, 6) is -0.921. The fraction of sp³-hybridized carbons (Fsp3) is 0.357. The van der Waals surface area contributed by atoms with E-state index in [4.69, 9.17) is 5.11 Å². The molecule has 4 heteroatoms. The van der Waals surface area contributed by atoms with Crippen molar-refractivity contribution < 1.29 is 9.90 Å². The predicted molar refractivity (Wildman–Crippen MR) is 76.9 cm³/mol. The molecule has 1 aliphatic rings. The molecule has 0 spiro atoms. The highest BCUT2D eigenvalue weighted by Crippen LogP contribution is 2.34. The molecule has 0 saturated heterocycles. The smallest absolute Gasteiger partial charge is 0.328 e. The Bertz CT molecular complexity index is 481. The Balaban J connectivity index is 2.35. The molecule has 1 N–H and O–H groups in total. The number of halogens is 1. The summed E-state index contributed by atoms with van der Waals surface area (Å²) in [6.45, 7) is 3.07. The highest BCUT2D eigenvalue weighted by atomic mass is 79.9. The van der Waals surface area contributed by atoms with E-state index in [1.807, 2.05) is 18.2 Å². The van der Waals surface area contributed by atoms with Crippen LogP contribution in [0.4, 0.5) is 5.69 Å². The van der Waals surface area contributed by atoms with Gasteiger partial charge in [0.15, 0.2) is 0 Å². The molecule has 3 nitrogen and oxygen atoms in total. The molecule has 0 atom stereocenters. The molecule has 2 rings (SSSR count). The molecule has 18 heavy (non-hydrogen) atoms. The quantitative estimate of drug-likeness (QED) is 0.846. The minimum absolute atomic E-state index is 0.619. The zero-order valence-corrected chi connectivity index (χ0v) is 11.9. The first-order valence-electron chi connectivity index (χ1n) is 6.09. The maximum absolute atomic E-state index is 10.6. The zero-order chi connectivity index (χ0) is 13.1. The lowest BCUT2D eigenvalue weighted by Crippen LogP contribution is -2.25. The molecule has 1 fully saturated rings. The Morgan fingerprint density at radius 1 is 1.56 bits per heavy atom. The van der Waals surface area contributed by atoms with Gasteiger partial charge in [0, 0.05) is 28.8 Å². The van der Waals surface area contributed by atoms with Crippen molar-refractivity contribution in [2.24, 2.45) is 0 Å². The topological polar surface area (TPSA) is 40.5 Å². The number of carboxylic acids is 1. The van der Waals surface area contributed by atoms with Crippen molar-refractivity contribution in [3.8, 4) is 0 Å². The van der Waals surface area contributed by atoms with Crippen molar-refractivity contribution in [2.75, 3.05) is 11.4 Å². The van der Waals surface area contributed by atoms with Crippen molar-refractivity contribution in [1.29, 1.82) is 0 Å². The normalized spacial score (nSPS) is 15.0. The van der Waals surface area contributed by atoms with Gasteiger partial charge in [0.1, 0.15) is 0 Å². The minimum Gasteiger partial charge on any atom is -0.478 e. The molecule has 0 heterocycles. The van der Waals surface area contributed by atoms with Crippen LogP contribution in [-0.2, 0) is 4.79 Å². The SMILES string of the molecule is CCN(c1ccc(Br)cc1/C=C/C(=O)O)C1CC1. The number of carbonyl (C=O) groups is 1. The molecule has 0 unspecified atom stereocenters. The number of aliphatic carboxylic acids is 1. The summed E-state index contributed by atoms with van der Waals surface area (Å²) >= 11 is 3.43. The van der Waals surface area contributed by atoms with E-state index < -0.39 is 5.97 Å². The van der Waals surface area contributed by atoms with Crippen LogP contribution in [0.15, 0.2) is 28.7 Å². The van der Waals surface area contributed by atoms with E-state index >= 15 is 0 Å². The number of anilines is 1. The van der Waals surface area contributed by atoms with Gasteiger partial charge in [0.2, 0.25) is 0 Å². The highest BCUT2D eigenvalue weighted by Gasteiger charge is 2.28. The van der Waals surface area contributed by atoms with E-state index in [9.17, 15) is 4.79 Å². The van der Waals surface area contributed by atoms with Crippen LogP contribution in [-0.4, -0.2) is 23.7 Å². The van der Waals surface area contributed by atoms with Gasteiger partial charge >= 0.3 is 5.97 Å². The van der Waals surface area contributed by atoms with Crippen molar-refractivity contribution in [1.82, 2.24) is 0 Å². The molecule has 1 aromatic rings. The average Bonchev–Trinajstić information content (AvgIpc) is 3.14. The van der Waals surface area contributed by atoms with Crippen LogP contribution < -0.4 is 4.90 Å². The number of carboxylic acid groups (broad SMARTS) is 1. The number of benzene rings is 1. The van der Waals surface area contributed by atoms with E-state index in [0.717, 1.165) is 22.3 Å².